The van der Waals surface area contributed by atoms with Gasteiger partial charge in [-0.05, 0) is 50.5 Å². The highest BCUT2D eigenvalue weighted by molar-refractivity contribution is 6.30. The lowest BCUT2D eigenvalue weighted by Gasteiger charge is -2.48. The molecular weight excluding hydrogens is 376 g/mol. The minimum atomic E-state index is -0.594. The van der Waals surface area contributed by atoms with E-state index in [4.69, 9.17) is 21.1 Å². The van der Waals surface area contributed by atoms with E-state index >= 15 is 0 Å². The Morgan fingerprint density at radius 2 is 2.04 bits per heavy atom. The van der Waals surface area contributed by atoms with E-state index in [1.54, 1.807) is 12.4 Å². The summed E-state index contributed by atoms with van der Waals surface area (Å²) in [6.07, 6.45) is 5.73. The second-order valence-corrected chi connectivity index (χ2v) is 8.40. The molecule has 0 unspecified atom stereocenters. The summed E-state index contributed by atoms with van der Waals surface area (Å²) in [6.45, 7) is 5.19. The standard InChI is InChI=1S/C22H25ClN2O3/c1-22(2)21(27-14-15-6-8-16(23)9-7-15)20(25-12-4-3-5-19(25)26)17-13-24-11-10-18(17)28-22/h6-11,13,20-21H,3-5,12,14H2,1-2H3/t20-,21+/m0/s1. The molecule has 0 N–H and O–H groups in total. The first-order valence-corrected chi connectivity index (χ1v) is 10.1. The van der Waals surface area contributed by atoms with Crippen molar-refractivity contribution in [1.82, 2.24) is 9.88 Å². The molecule has 0 saturated carbocycles. The van der Waals surface area contributed by atoms with Gasteiger partial charge in [0.15, 0.2) is 0 Å². The van der Waals surface area contributed by atoms with Crippen LogP contribution in [0, 0.1) is 0 Å². The molecule has 148 valence electrons. The molecule has 2 atom stereocenters. The van der Waals surface area contributed by atoms with Crippen LogP contribution in [-0.2, 0) is 16.1 Å². The molecule has 0 bridgehead atoms. The number of halogens is 1. The van der Waals surface area contributed by atoms with Crippen LogP contribution in [0.25, 0.3) is 0 Å². The van der Waals surface area contributed by atoms with Gasteiger partial charge in [0.25, 0.3) is 0 Å². The lowest BCUT2D eigenvalue weighted by atomic mass is 9.85. The summed E-state index contributed by atoms with van der Waals surface area (Å²) in [7, 11) is 0. The summed E-state index contributed by atoms with van der Waals surface area (Å²) in [5.74, 6) is 0.943. The zero-order valence-electron chi connectivity index (χ0n) is 16.2. The topological polar surface area (TPSA) is 51.7 Å². The number of hydrogen-bond acceptors (Lipinski definition) is 4. The molecule has 6 heteroatoms. The Balaban J connectivity index is 1.68. The number of likely N-dealkylation sites (tertiary alicyclic amines) is 1. The van der Waals surface area contributed by atoms with E-state index in [0.29, 0.717) is 18.1 Å². The number of hydrogen-bond donors (Lipinski definition) is 0. The molecule has 2 aromatic rings. The van der Waals surface area contributed by atoms with Gasteiger partial charge < -0.3 is 14.4 Å². The fraction of sp³-hybridized carbons (Fsp3) is 0.455. The van der Waals surface area contributed by atoms with Crippen molar-refractivity contribution in [1.29, 1.82) is 0 Å². The summed E-state index contributed by atoms with van der Waals surface area (Å²) >= 11 is 5.99. The van der Waals surface area contributed by atoms with Crippen molar-refractivity contribution in [3.8, 4) is 5.75 Å². The number of pyridine rings is 1. The third kappa shape index (κ3) is 3.74. The van der Waals surface area contributed by atoms with Crippen LogP contribution >= 0.6 is 11.6 Å². The van der Waals surface area contributed by atoms with Crippen molar-refractivity contribution in [3.05, 3.63) is 58.9 Å². The Labute approximate surface area is 170 Å². The zero-order chi connectivity index (χ0) is 19.7. The van der Waals surface area contributed by atoms with E-state index in [-0.39, 0.29) is 18.1 Å². The van der Waals surface area contributed by atoms with Gasteiger partial charge in [0.2, 0.25) is 5.91 Å². The van der Waals surface area contributed by atoms with Crippen molar-refractivity contribution >= 4 is 17.5 Å². The van der Waals surface area contributed by atoms with Crippen molar-refractivity contribution in [3.63, 3.8) is 0 Å². The van der Waals surface area contributed by atoms with E-state index in [0.717, 1.165) is 36.3 Å². The Morgan fingerprint density at radius 3 is 2.79 bits per heavy atom. The zero-order valence-corrected chi connectivity index (χ0v) is 17.0. The first kappa shape index (κ1) is 19.2. The van der Waals surface area contributed by atoms with E-state index in [2.05, 4.69) is 4.98 Å². The van der Waals surface area contributed by atoms with Crippen LogP contribution in [0.4, 0.5) is 0 Å². The van der Waals surface area contributed by atoms with Crippen LogP contribution in [0.3, 0.4) is 0 Å². The smallest absolute Gasteiger partial charge is 0.223 e. The van der Waals surface area contributed by atoms with Gasteiger partial charge in [-0.2, -0.15) is 0 Å². The number of carbonyl (C=O) groups excluding carboxylic acids is 1. The van der Waals surface area contributed by atoms with Gasteiger partial charge in [-0.3, -0.25) is 9.78 Å². The number of benzene rings is 1. The van der Waals surface area contributed by atoms with E-state index < -0.39 is 5.60 Å². The normalized spacial score (nSPS) is 23.8. The molecule has 2 aliphatic rings. The first-order valence-electron chi connectivity index (χ1n) is 9.74. The van der Waals surface area contributed by atoms with Gasteiger partial charge >= 0.3 is 0 Å². The Morgan fingerprint density at radius 1 is 1.25 bits per heavy atom. The van der Waals surface area contributed by atoms with Gasteiger partial charge in [0.1, 0.15) is 17.5 Å². The maximum Gasteiger partial charge on any atom is 0.223 e. The maximum absolute atomic E-state index is 12.8. The van der Waals surface area contributed by atoms with E-state index in [9.17, 15) is 4.79 Å². The molecule has 1 aromatic carbocycles. The van der Waals surface area contributed by atoms with Crippen LogP contribution in [0.5, 0.6) is 5.75 Å². The third-order valence-corrected chi connectivity index (χ3v) is 5.76. The lowest BCUT2D eigenvalue weighted by Crippen LogP contribution is -2.56. The number of nitrogens with zero attached hydrogens (tertiary/aromatic N) is 2. The minimum Gasteiger partial charge on any atom is -0.485 e. The highest BCUT2D eigenvalue weighted by atomic mass is 35.5. The minimum absolute atomic E-state index is 0.170. The molecule has 1 saturated heterocycles. The molecule has 2 aliphatic heterocycles. The van der Waals surface area contributed by atoms with E-state index in [1.165, 1.54) is 0 Å². The molecule has 1 aromatic heterocycles. The largest absolute Gasteiger partial charge is 0.485 e. The molecule has 4 rings (SSSR count). The van der Waals surface area contributed by atoms with Crippen molar-refractivity contribution in [2.45, 2.75) is 57.5 Å². The highest BCUT2D eigenvalue weighted by Crippen LogP contribution is 2.45. The highest BCUT2D eigenvalue weighted by Gasteiger charge is 2.48. The quantitative estimate of drug-likeness (QED) is 0.755. The molecule has 28 heavy (non-hydrogen) atoms. The van der Waals surface area contributed by atoms with Gasteiger partial charge in [0.05, 0.1) is 12.6 Å². The molecule has 0 aliphatic carbocycles. The first-order chi connectivity index (χ1) is 13.5. The fourth-order valence-corrected chi connectivity index (χ4v) is 4.23. The van der Waals surface area contributed by atoms with Crippen molar-refractivity contribution in [2.75, 3.05) is 6.54 Å². The second-order valence-electron chi connectivity index (χ2n) is 7.97. The number of carbonyl (C=O) groups is 1. The van der Waals surface area contributed by atoms with Crippen molar-refractivity contribution in [2.24, 2.45) is 0 Å². The Kier molecular flexibility index (Phi) is 5.30. The van der Waals surface area contributed by atoms with Crippen LogP contribution < -0.4 is 4.74 Å². The fourth-order valence-electron chi connectivity index (χ4n) is 4.10. The predicted octanol–water partition coefficient (Wildman–Crippen LogP) is 4.55. The van der Waals surface area contributed by atoms with Crippen molar-refractivity contribution < 1.29 is 14.3 Å². The van der Waals surface area contributed by atoms with Crippen LogP contribution in [0.15, 0.2) is 42.7 Å². The maximum atomic E-state index is 12.8. The summed E-state index contributed by atoms with van der Waals surface area (Å²) in [5, 5.41) is 0.696. The summed E-state index contributed by atoms with van der Waals surface area (Å²) in [5.41, 5.74) is 1.35. The number of rotatable bonds is 4. The number of aromatic nitrogens is 1. The average molecular weight is 401 g/mol. The van der Waals surface area contributed by atoms with Gasteiger partial charge in [0, 0.05) is 35.9 Å². The van der Waals surface area contributed by atoms with Crippen LogP contribution in [0.1, 0.15) is 50.3 Å². The molecule has 0 radical (unpaired) electrons. The van der Waals surface area contributed by atoms with Gasteiger partial charge in [-0.25, -0.2) is 0 Å². The molecular formula is C22H25ClN2O3. The number of piperidine rings is 1. The number of amides is 1. The number of ether oxygens (including phenoxy) is 2. The molecule has 0 spiro atoms. The summed E-state index contributed by atoms with van der Waals surface area (Å²) < 4.78 is 12.7. The predicted molar refractivity (Wildman–Crippen MR) is 107 cm³/mol. The Hall–Kier alpha value is -2.11. The second kappa shape index (κ2) is 7.72. The SMILES string of the molecule is CC1(C)Oc2ccncc2[C@H](N2CCCCC2=O)[C@H]1OCc1ccc(Cl)cc1. The summed E-state index contributed by atoms with van der Waals surface area (Å²) in [4.78, 5) is 19.0. The molecule has 3 heterocycles. The van der Waals surface area contributed by atoms with Crippen LogP contribution in [0.2, 0.25) is 5.02 Å². The van der Waals surface area contributed by atoms with Gasteiger partial charge in [-0.15, -0.1) is 0 Å². The molecule has 1 amide bonds. The number of fused-ring (bicyclic) bond motifs is 1. The van der Waals surface area contributed by atoms with Gasteiger partial charge in [-0.1, -0.05) is 23.7 Å². The molecule has 1 fully saturated rings. The average Bonchev–Trinajstić information content (AvgIpc) is 2.67. The molecule has 5 nitrogen and oxygen atoms in total. The van der Waals surface area contributed by atoms with Crippen LogP contribution in [-0.4, -0.2) is 34.0 Å². The lowest BCUT2D eigenvalue weighted by molar-refractivity contribution is -0.158. The third-order valence-electron chi connectivity index (χ3n) is 5.51. The van der Waals surface area contributed by atoms with E-state index in [1.807, 2.05) is 49.1 Å². The monoisotopic (exact) mass is 400 g/mol. The summed E-state index contributed by atoms with van der Waals surface area (Å²) in [6, 6.07) is 9.27. The Bertz CT molecular complexity index is 853.